The first-order valence-electron chi connectivity index (χ1n) is 6.90. The summed E-state index contributed by atoms with van der Waals surface area (Å²) in [5.41, 5.74) is 0.378. The standard InChI is InChI=1S/C14H20FNO3S2/c1-20-12-5-3-11(4-6-12)16-21(18,19)14-8-10(9-17)2-7-13(14)15/h2,7-8,11-12,16-17H,3-6,9H2,1H3. The molecule has 0 aromatic heterocycles. The highest BCUT2D eigenvalue weighted by Crippen LogP contribution is 2.28. The summed E-state index contributed by atoms with van der Waals surface area (Å²) in [7, 11) is -3.89. The Morgan fingerprint density at radius 2 is 2.00 bits per heavy atom. The third-order valence-electron chi connectivity index (χ3n) is 3.80. The average Bonchev–Trinajstić information content (AvgIpc) is 2.48. The van der Waals surface area contributed by atoms with Crippen LogP contribution >= 0.6 is 11.8 Å². The quantitative estimate of drug-likeness (QED) is 0.867. The van der Waals surface area contributed by atoms with Gasteiger partial charge in [-0.25, -0.2) is 17.5 Å². The average molecular weight is 333 g/mol. The number of aliphatic hydroxyl groups excluding tert-OH is 1. The molecule has 0 radical (unpaired) electrons. The minimum atomic E-state index is -3.89. The molecule has 2 N–H and O–H groups in total. The predicted molar refractivity (Wildman–Crippen MR) is 82.2 cm³/mol. The van der Waals surface area contributed by atoms with Crippen LogP contribution in [0.15, 0.2) is 23.1 Å². The smallest absolute Gasteiger partial charge is 0.243 e. The number of hydrogen-bond donors (Lipinski definition) is 2. The summed E-state index contributed by atoms with van der Waals surface area (Å²) in [5.74, 6) is -0.794. The number of benzene rings is 1. The van der Waals surface area contributed by atoms with Gasteiger partial charge in [-0.2, -0.15) is 11.8 Å². The van der Waals surface area contributed by atoms with Crippen molar-refractivity contribution in [2.75, 3.05) is 6.26 Å². The van der Waals surface area contributed by atoms with E-state index in [1.54, 1.807) is 11.8 Å². The molecule has 21 heavy (non-hydrogen) atoms. The van der Waals surface area contributed by atoms with E-state index in [0.717, 1.165) is 31.7 Å². The summed E-state index contributed by atoms with van der Waals surface area (Å²) in [6.07, 6.45) is 5.53. The van der Waals surface area contributed by atoms with E-state index in [4.69, 9.17) is 5.11 Å². The zero-order valence-electron chi connectivity index (χ0n) is 11.9. The van der Waals surface area contributed by atoms with E-state index in [-0.39, 0.29) is 17.5 Å². The van der Waals surface area contributed by atoms with Crippen LogP contribution in [0.4, 0.5) is 4.39 Å². The molecule has 4 nitrogen and oxygen atoms in total. The highest BCUT2D eigenvalue weighted by atomic mass is 32.2. The molecule has 0 aliphatic heterocycles. The van der Waals surface area contributed by atoms with Gasteiger partial charge >= 0.3 is 0 Å². The largest absolute Gasteiger partial charge is 0.392 e. The molecule has 0 bridgehead atoms. The Bertz CT molecular complexity index is 584. The summed E-state index contributed by atoms with van der Waals surface area (Å²) in [4.78, 5) is -0.388. The van der Waals surface area contributed by atoms with Gasteiger partial charge in [0.15, 0.2) is 0 Å². The molecule has 0 saturated heterocycles. The Morgan fingerprint density at radius 1 is 1.33 bits per heavy atom. The van der Waals surface area contributed by atoms with Gasteiger partial charge in [-0.1, -0.05) is 6.07 Å². The zero-order valence-corrected chi connectivity index (χ0v) is 13.5. The van der Waals surface area contributed by atoms with E-state index >= 15 is 0 Å². The molecule has 7 heteroatoms. The molecule has 2 rings (SSSR count). The fourth-order valence-corrected chi connectivity index (χ4v) is 4.73. The van der Waals surface area contributed by atoms with E-state index < -0.39 is 15.8 Å². The van der Waals surface area contributed by atoms with Crippen LogP contribution in [0.3, 0.4) is 0 Å². The third kappa shape index (κ3) is 4.18. The van der Waals surface area contributed by atoms with Crippen molar-refractivity contribution in [1.82, 2.24) is 4.72 Å². The summed E-state index contributed by atoms with van der Waals surface area (Å²) in [6, 6.07) is 3.49. The van der Waals surface area contributed by atoms with Crippen LogP contribution in [0.1, 0.15) is 31.2 Å². The van der Waals surface area contributed by atoms with Gasteiger partial charge in [0.05, 0.1) is 6.61 Å². The third-order valence-corrected chi connectivity index (χ3v) is 6.47. The van der Waals surface area contributed by atoms with Crippen LogP contribution in [0.5, 0.6) is 0 Å². The number of halogens is 1. The van der Waals surface area contributed by atoms with Gasteiger partial charge in [0, 0.05) is 11.3 Å². The molecule has 1 aromatic carbocycles. The van der Waals surface area contributed by atoms with Crippen molar-refractivity contribution < 1.29 is 17.9 Å². The van der Waals surface area contributed by atoms with E-state index in [1.807, 2.05) is 0 Å². The van der Waals surface area contributed by atoms with Crippen LogP contribution < -0.4 is 4.72 Å². The van der Waals surface area contributed by atoms with Gasteiger partial charge in [-0.3, -0.25) is 0 Å². The molecule has 0 heterocycles. The molecule has 1 aromatic rings. The highest BCUT2D eigenvalue weighted by molar-refractivity contribution is 7.99. The molecular weight excluding hydrogens is 313 g/mol. The van der Waals surface area contributed by atoms with Crippen molar-refractivity contribution in [2.45, 2.75) is 48.5 Å². The van der Waals surface area contributed by atoms with Crippen molar-refractivity contribution in [3.8, 4) is 0 Å². The highest BCUT2D eigenvalue weighted by Gasteiger charge is 2.27. The summed E-state index contributed by atoms with van der Waals surface area (Å²) in [5, 5.41) is 9.64. The second-order valence-electron chi connectivity index (χ2n) is 5.25. The number of aliphatic hydroxyl groups is 1. The van der Waals surface area contributed by atoms with Gasteiger partial charge in [0.25, 0.3) is 0 Å². The maximum absolute atomic E-state index is 13.8. The van der Waals surface area contributed by atoms with E-state index in [1.165, 1.54) is 12.1 Å². The second-order valence-corrected chi connectivity index (χ2v) is 8.07. The number of thioether (sulfide) groups is 1. The summed E-state index contributed by atoms with van der Waals surface area (Å²) in [6.45, 7) is -0.318. The second kappa shape index (κ2) is 7.09. The van der Waals surface area contributed by atoms with Gasteiger partial charge < -0.3 is 5.11 Å². The normalized spacial score (nSPS) is 23.2. The Labute approximate surface area is 129 Å². The number of rotatable bonds is 5. The monoisotopic (exact) mass is 333 g/mol. The Balaban J connectivity index is 2.12. The summed E-state index contributed by atoms with van der Waals surface area (Å²) >= 11 is 1.80. The van der Waals surface area contributed by atoms with Crippen molar-refractivity contribution in [1.29, 1.82) is 0 Å². The molecule has 0 unspecified atom stereocenters. The minimum absolute atomic E-state index is 0.143. The van der Waals surface area contributed by atoms with Crippen LogP contribution in [-0.4, -0.2) is 31.1 Å². The van der Waals surface area contributed by atoms with Crippen LogP contribution in [0.25, 0.3) is 0 Å². The van der Waals surface area contributed by atoms with E-state index in [9.17, 15) is 12.8 Å². The maximum atomic E-state index is 13.8. The number of sulfonamides is 1. The molecular formula is C14H20FNO3S2. The SMILES string of the molecule is CSC1CCC(NS(=O)(=O)c2cc(CO)ccc2F)CC1. The van der Waals surface area contributed by atoms with E-state index in [2.05, 4.69) is 11.0 Å². The van der Waals surface area contributed by atoms with Gasteiger partial charge in [0.2, 0.25) is 10.0 Å². The van der Waals surface area contributed by atoms with Crippen LogP contribution in [0.2, 0.25) is 0 Å². The fraction of sp³-hybridized carbons (Fsp3) is 0.571. The maximum Gasteiger partial charge on any atom is 0.243 e. The lowest BCUT2D eigenvalue weighted by molar-refractivity contribution is 0.281. The minimum Gasteiger partial charge on any atom is -0.392 e. The lowest BCUT2D eigenvalue weighted by Crippen LogP contribution is -2.38. The summed E-state index contributed by atoms with van der Waals surface area (Å²) < 4.78 is 41.0. The van der Waals surface area contributed by atoms with Gasteiger partial charge in [0.1, 0.15) is 10.7 Å². The zero-order chi connectivity index (χ0) is 15.5. The van der Waals surface area contributed by atoms with E-state index in [0.29, 0.717) is 10.8 Å². The Hall–Kier alpha value is -0.630. The topological polar surface area (TPSA) is 66.4 Å². The molecule has 1 fully saturated rings. The van der Waals surface area contributed by atoms with Gasteiger partial charge in [-0.05, 0) is 49.6 Å². The molecule has 1 saturated carbocycles. The molecule has 1 aliphatic carbocycles. The van der Waals surface area contributed by atoms with Crippen molar-refractivity contribution in [2.24, 2.45) is 0 Å². The number of nitrogens with one attached hydrogen (secondary N) is 1. The lowest BCUT2D eigenvalue weighted by atomic mass is 9.96. The predicted octanol–water partition coefficient (Wildman–Crippen LogP) is 2.27. The first-order chi connectivity index (χ1) is 9.96. The molecule has 0 spiro atoms. The molecule has 0 amide bonds. The van der Waals surface area contributed by atoms with Crippen LogP contribution in [-0.2, 0) is 16.6 Å². The van der Waals surface area contributed by atoms with Crippen molar-refractivity contribution >= 4 is 21.8 Å². The molecule has 0 atom stereocenters. The van der Waals surface area contributed by atoms with Crippen molar-refractivity contribution in [3.05, 3.63) is 29.6 Å². The Morgan fingerprint density at radius 3 is 2.57 bits per heavy atom. The van der Waals surface area contributed by atoms with Crippen LogP contribution in [0, 0.1) is 5.82 Å². The molecule has 1 aliphatic rings. The molecule has 118 valence electrons. The Kier molecular flexibility index (Phi) is 5.65. The van der Waals surface area contributed by atoms with Crippen molar-refractivity contribution in [3.63, 3.8) is 0 Å². The first kappa shape index (κ1) is 16.7. The van der Waals surface area contributed by atoms with Gasteiger partial charge in [-0.15, -0.1) is 0 Å². The number of hydrogen-bond acceptors (Lipinski definition) is 4. The lowest BCUT2D eigenvalue weighted by Gasteiger charge is -2.27. The first-order valence-corrected chi connectivity index (χ1v) is 9.68. The fourth-order valence-electron chi connectivity index (χ4n) is 2.55.